The van der Waals surface area contributed by atoms with Gasteiger partial charge in [0.05, 0.1) is 7.11 Å². The third-order valence-electron chi connectivity index (χ3n) is 2.24. The SMILES string of the molecule is CCNCCN(C)c1nc(C)cc(OC)n1. The van der Waals surface area contributed by atoms with Crippen LogP contribution in [-0.4, -0.2) is 43.8 Å². The molecule has 0 unspecified atom stereocenters. The Kier molecular flexibility index (Phi) is 4.98. The average molecular weight is 224 g/mol. The lowest BCUT2D eigenvalue weighted by molar-refractivity contribution is 0.396. The van der Waals surface area contributed by atoms with Gasteiger partial charge in [-0.05, 0) is 13.5 Å². The van der Waals surface area contributed by atoms with Crippen LogP contribution >= 0.6 is 0 Å². The molecule has 0 fully saturated rings. The summed E-state index contributed by atoms with van der Waals surface area (Å²) in [7, 11) is 3.59. The van der Waals surface area contributed by atoms with Crippen LogP contribution in [0, 0.1) is 6.92 Å². The van der Waals surface area contributed by atoms with E-state index in [1.54, 1.807) is 7.11 Å². The van der Waals surface area contributed by atoms with Gasteiger partial charge in [0.25, 0.3) is 0 Å². The summed E-state index contributed by atoms with van der Waals surface area (Å²) < 4.78 is 5.12. The van der Waals surface area contributed by atoms with Crippen molar-refractivity contribution in [3.8, 4) is 5.88 Å². The molecular formula is C11H20N4O. The van der Waals surface area contributed by atoms with Gasteiger partial charge in [-0.2, -0.15) is 4.98 Å². The van der Waals surface area contributed by atoms with Crippen molar-refractivity contribution in [2.75, 3.05) is 38.7 Å². The molecule has 0 aliphatic heterocycles. The van der Waals surface area contributed by atoms with Crippen LogP contribution in [0.4, 0.5) is 5.95 Å². The van der Waals surface area contributed by atoms with Crippen LogP contribution in [0.3, 0.4) is 0 Å². The molecule has 1 rings (SSSR count). The van der Waals surface area contributed by atoms with Crippen LogP contribution < -0.4 is 15.0 Å². The van der Waals surface area contributed by atoms with Crippen LogP contribution in [0.2, 0.25) is 0 Å². The van der Waals surface area contributed by atoms with Gasteiger partial charge in [0, 0.05) is 31.9 Å². The normalized spacial score (nSPS) is 10.2. The first-order valence-electron chi connectivity index (χ1n) is 5.49. The third kappa shape index (κ3) is 3.66. The van der Waals surface area contributed by atoms with E-state index in [0.717, 1.165) is 25.3 Å². The molecule has 0 saturated carbocycles. The van der Waals surface area contributed by atoms with Crippen molar-refractivity contribution in [1.82, 2.24) is 15.3 Å². The summed E-state index contributed by atoms with van der Waals surface area (Å²) in [4.78, 5) is 10.7. The van der Waals surface area contributed by atoms with E-state index < -0.39 is 0 Å². The van der Waals surface area contributed by atoms with Gasteiger partial charge in [0.2, 0.25) is 11.8 Å². The smallest absolute Gasteiger partial charge is 0.228 e. The zero-order chi connectivity index (χ0) is 12.0. The average Bonchev–Trinajstić information content (AvgIpc) is 2.28. The van der Waals surface area contributed by atoms with Crippen LogP contribution in [0.25, 0.3) is 0 Å². The van der Waals surface area contributed by atoms with Crippen molar-refractivity contribution in [3.05, 3.63) is 11.8 Å². The zero-order valence-electron chi connectivity index (χ0n) is 10.4. The van der Waals surface area contributed by atoms with Gasteiger partial charge < -0.3 is 15.0 Å². The molecule has 90 valence electrons. The first-order valence-corrected chi connectivity index (χ1v) is 5.49. The second-order valence-corrected chi connectivity index (χ2v) is 3.63. The van der Waals surface area contributed by atoms with Gasteiger partial charge in [-0.1, -0.05) is 6.92 Å². The van der Waals surface area contributed by atoms with Crippen molar-refractivity contribution in [1.29, 1.82) is 0 Å². The highest BCUT2D eigenvalue weighted by Gasteiger charge is 2.06. The predicted octanol–water partition coefficient (Wildman–Crippen LogP) is 0.839. The van der Waals surface area contributed by atoms with Crippen LogP contribution in [-0.2, 0) is 0 Å². The van der Waals surface area contributed by atoms with Crippen molar-refractivity contribution in [2.24, 2.45) is 0 Å². The molecule has 0 aromatic carbocycles. The second kappa shape index (κ2) is 6.27. The maximum Gasteiger partial charge on any atom is 0.228 e. The van der Waals surface area contributed by atoms with Gasteiger partial charge in [-0.25, -0.2) is 4.98 Å². The summed E-state index contributed by atoms with van der Waals surface area (Å²) in [5.74, 6) is 1.31. The number of ether oxygens (including phenoxy) is 1. The van der Waals surface area contributed by atoms with Gasteiger partial charge >= 0.3 is 0 Å². The van der Waals surface area contributed by atoms with Gasteiger partial charge in [-0.3, -0.25) is 0 Å². The fourth-order valence-electron chi connectivity index (χ4n) is 1.32. The number of aryl methyl sites for hydroxylation is 1. The quantitative estimate of drug-likeness (QED) is 0.726. The van der Waals surface area contributed by atoms with Crippen molar-refractivity contribution >= 4 is 5.95 Å². The maximum absolute atomic E-state index is 5.12. The Morgan fingerprint density at radius 1 is 1.44 bits per heavy atom. The van der Waals surface area contributed by atoms with Gasteiger partial charge in [0.15, 0.2) is 0 Å². The lowest BCUT2D eigenvalue weighted by atomic mass is 10.4. The molecule has 1 heterocycles. The van der Waals surface area contributed by atoms with E-state index in [0.29, 0.717) is 11.8 Å². The third-order valence-corrected chi connectivity index (χ3v) is 2.24. The van der Waals surface area contributed by atoms with Gasteiger partial charge in [-0.15, -0.1) is 0 Å². The Hall–Kier alpha value is -1.36. The first kappa shape index (κ1) is 12.7. The van der Waals surface area contributed by atoms with Crippen LogP contribution in [0.15, 0.2) is 6.07 Å². The number of hydrogen-bond acceptors (Lipinski definition) is 5. The van der Waals surface area contributed by atoms with Crippen molar-refractivity contribution in [2.45, 2.75) is 13.8 Å². The van der Waals surface area contributed by atoms with E-state index in [-0.39, 0.29) is 0 Å². The lowest BCUT2D eigenvalue weighted by Crippen LogP contribution is -2.30. The molecule has 0 saturated heterocycles. The van der Waals surface area contributed by atoms with E-state index in [1.165, 1.54) is 0 Å². The first-order chi connectivity index (χ1) is 7.67. The summed E-state index contributed by atoms with van der Waals surface area (Å²) in [6.45, 7) is 6.80. The Bertz CT molecular complexity index is 330. The Balaban J connectivity index is 2.66. The van der Waals surface area contributed by atoms with E-state index in [2.05, 4.69) is 22.2 Å². The monoisotopic (exact) mass is 224 g/mol. The molecule has 0 radical (unpaired) electrons. The number of aromatic nitrogens is 2. The summed E-state index contributed by atoms with van der Waals surface area (Å²) in [5.41, 5.74) is 0.914. The standard InChI is InChI=1S/C11H20N4O/c1-5-12-6-7-15(3)11-13-9(2)8-10(14-11)16-4/h8,12H,5-7H2,1-4H3. The molecule has 0 aliphatic carbocycles. The number of methoxy groups -OCH3 is 1. The largest absolute Gasteiger partial charge is 0.481 e. The zero-order valence-corrected chi connectivity index (χ0v) is 10.4. The fraction of sp³-hybridized carbons (Fsp3) is 0.636. The summed E-state index contributed by atoms with van der Waals surface area (Å²) in [6, 6.07) is 1.82. The lowest BCUT2D eigenvalue weighted by Gasteiger charge is -2.17. The highest BCUT2D eigenvalue weighted by molar-refractivity contribution is 5.33. The molecule has 1 N–H and O–H groups in total. The minimum absolute atomic E-state index is 0.609. The predicted molar refractivity (Wildman–Crippen MR) is 65.1 cm³/mol. The van der Waals surface area contributed by atoms with E-state index in [1.807, 2.05) is 24.9 Å². The Morgan fingerprint density at radius 3 is 2.81 bits per heavy atom. The molecule has 5 heteroatoms. The second-order valence-electron chi connectivity index (χ2n) is 3.63. The summed E-state index contributed by atoms with van der Waals surface area (Å²) in [5, 5.41) is 3.26. The highest BCUT2D eigenvalue weighted by atomic mass is 16.5. The molecule has 16 heavy (non-hydrogen) atoms. The minimum atomic E-state index is 0.609. The number of nitrogens with zero attached hydrogens (tertiary/aromatic N) is 3. The van der Waals surface area contributed by atoms with Crippen LogP contribution in [0.5, 0.6) is 5.88 Å². The molecule has 0 bridgehead atoms. The van der Waals surface area contributed by atoms with E-state index in [9.17, 15) is 0 Å². The molecule has 0 spiro atoms. The maximum atomic E-state index is 5.12. The van der Waals surface area contributed by atoms with Crippen molar-refractivity contribution in [3.63, 3.8) is 0 Å². The minimum Gasteiger partial charge on any atom is -0.481 e. The Morgan fingerprint density at radius 2 is 2.19 bits per heavy atom. The molecular weight excluding hydrogens is 204 g/mol. The number of rotatable bonds is 6. The molecule has 1 aromatic rings. The molecule has 0 atom stereocenters. The van der Waals surface area contributed by atoms with E-state index in [4.69, 9.17) is 4.74 Å². The topological polar surface area (TPSA) is 50.3 Å². The molecule has 1 aromatic heterocycles. The van der Waals surface area contributed by atoms with Crippen LogP contribution in [0.1, 0.15) is 12.6 Å². The summed E-state index contributed by atoms with van der Waals surface area (Å²) >= 11 is 0. The fourth-order valence-corrected chi connectivity index (χ4v) is 1.32. The molecule has 0 aliphatic rings. The van der Waals surface area contributed by atoms with Gasteiger partial charge in [0.1, 0.15) is 0 Å². The molecule has 0 amide bonds. The van der Waals surface area contributed by atoms with E-state index >= 15 is 0 Å². The summed E-state index contributed by atoms with van der Waals surface area (Å²) in [6.07, 6.45) is 0. The number of anilines is 1. The number of nitrogens with one attached hydrogen (secondary N) is 1. The number of likely N-dealkylation sites (N-methyl/N-ethyl adjacent to an activating group) is 2. The molecule has 5 nitrogen and oxygen atoms in total. The van der Waals surface area contributed by atoms with Crippen molar-refractivity contribution < 1.29 is 4.74 Å². The number of hydrogen-bond donors (Lipinski definition) is 1. The Labute approximate surface area is 96.8 Å². The highest BCUT2D eigenvalue weighted by Crippen LogP contribution is 2.13.